The van der Waals surface area contributed by atoms with Gasteiger partial charge in [0, 0.05) is 18.6 Å². The summed E-state index contributed by atoms with van der Waals surface area (Å²) in [6.45, 7) is 3.35. The predicted molar refractivity (Wildman–Crippen MR) is 86.4 cm³/mol. The second-order valence-electron chi connectivity index (χ2n) is 6.31. The molecule has 2 unspecified atom stereocenters. The first-order valence-electron chi connectivity index (χ1n) is 7.92. The highest BCUT2D eigenvalue weighted by Gasteiger charge is 2.36. The number of nitrogens with zero attached hydrogens (tertiary/aromatic N) is 1. The molecule has 2 atom stereocenters. The molecular weight excluding hydrogens is 274 g/mol. The van der Waals surface area contributed by atoms with Crippen LogP contribution >= 0.6 is 0 Å². The van der Waals surface area contributed by atoms with Crippen LogP contribution in [0.3, 0.4) is 0 Å². The summed E-state index contributed by atoms with van der Waals surface area (Å²) in [4.78, 5) is 2.57. The van der Waals surface area contributed by atoms with Gasteiger partial charge in [-0.15, -0.1) is 0 Å². The number of methoxy groups -OCH3 is 1. The molecule has 2 aromatic carbocycles. The van der Waals surface area contributed by atoms with E-state index < -0.39 is 0 Å². The predicted octanol–water partition coefficient (Wildman–Crippen LogP) is 3.62. The fourth-order valence-corrected chi connectivity index (χ4v) is 4.11. The van der Waals surface area contributed by atoms with Crippen LogP contribution in [0.15, 0.2) is 36.4 Å². The standard InChI is InChI=1S/C19H21NO2/c1-12-15-6-4-3-5-13(15)9-17-16-11-18(21)19(22-2)10-14(16)7-8-20(12)17/h3-6,10-12,17,21H,7-9H2,1-2H3. The molecule has 0 bridgehead atoms. The largest absolute Gasteiger partial charge is 0.504 e. The van der Waals surface area contributed by atoms with Crippen molar-refractivity contribution in [2.24, 2.45) is 0 Å². The van der Waals surface area contributed by atoms with E-state index in [0.717, 1.165) is 19.4 Å². The quantitative estimate of drug-likeness (QED) is 0.872. The van der Waals surface area contributed by atoms with Gasteiger partial charge in [0.05, 0.1) is 7.11 Å². The fourth-order valence-electron chi connectivity index (χ4n) is 4.11. The lowest BCUT2D eigenvalue weighted by Gasteiger charge is -2.45. The Morgan fingerprint density at radius 3 is 2.77 bits per heavy atom. The summed E-state index contributed by atoms with van der Waals surface area (Å²) < 4.78 is 5.26. The second-order valence-corrected chi connectivity index (χ2v) is 6.31. The van der Waals surface area contributed by atoms with E-state index in [1.54, 1.807) is 7.11 Å². The molecule has 1 N–H and O–H groups in total. The highest BCUT2D eigenvalue weighted by molar-refractivity contribution is 5.50. The van der Waals surface area contributed by atoms with Crippen LogP contribution in [0, 0.1) is 0 Å². The van der Waals surface area contributed by atoms with Crippen molar-refractivity contribution in [3.05, 3.63) is 58.7 Å². The molecule has 3 heteroatoms. The van der Waals surface area contributed by atoms with Gasteiger partial charge in [0.1, 0.15) is 0 Å². The summed E-state index contributed by atoms with van der Waals surface area (Å²) in [6, 6.07) is 13.4. The number of fused-ring (bicyclic) bond motifs is 4. The molecule has 22 heavy (non-hydrogen) atoms. The topological polar surface area (TPSA) is 32.7 Å². The third-order valence-electron chi connectivity index (χ3n) is 5.26. The van der Waals surface area contributed by atoms with Crippen molar-refractivity contribution in [3.8, 4) is 11.5 Å². The third kappa shape index (κ3) is 1.92. The van der Waals surface area contributed by atoms with Crippen LogP contribution in [0.4, 0.5) is 0 Å². The van der Waals surface area contributed by atoms with Crippen molar-refractivity contribution in [1.82, 2.24) is 4.90 Å². The van der Waals surface area contributed by atoms with Crippen molar-refractivity contribution >= 4 is 0 Å². The van der Waals surface area contributed by atoms with Gasteiger partial charge in [-0.1, -0.05) is 24.3 Å². The Balaban J connectivity index is 1.81. The van der Waals surface area contributed by atoms with Crippen molar-refractivity contribution < 1.29 is 9.84 Å². The van der Waals surface area contributed by atoms with E-state index in [9.17, 15) is 5.11 Å². The van der Waals surface area contributed by atoms with Gasteiger partial charge in [0.25, 0.3) is 0 Å². The van der Waals surface area contributed by atoms with Gasteiger partial charge in [-0.25, -0.2) is 0 Å². The van der Waals surface area contributed by atoms with E-state index in [4.69, 9.17) is 4.74 Å². The SMILES string of the molecule is COc1cc2c(cc1O)C1Cc3ccccc3C(C)N1CC2. The summed E-state index contributed by atoms with van der Waals surface area (Å²) in [5.41, 5.74) is 5.44. The smallest absolute Gasteiger partial charge is 0.160 e. The zero-order valence-corrected chi connectivity index (χ0v) is 13.0. The van der Waals surface area contributed by atoms with E-state index in [1.165, 1.54) is 22.3 Å². The molecule has 2 heterocycles. The Hall–Kier alpha value is -2.00. The normalized spacial score (nSPS) is 23.4. The maximum Gasteiger partial charge on any atom is 0.160 e. The monoisotopic (exact) mass is 295 g/mol. The van der Waals surface area contributed by atoms with Gasteiger partial charge in [-0.2, -0.15) is 0 Å². The molecule has 0 aliphatic carbocycles. The number of phenolic OH excluding ortho intramolecular Hbond substituents is 1. The first-order chi connectivity index (χ1) is 10.7. The Morgan fingerprint density at radius 1 is 1.14 bits per heavy atom. The van der Waals surface area contributed by atoms with Crippen LogP contribution in [0.5, 0.6) is 11.5 Å². The van der Waals surface area contributed by atoms with Crippen molar-refractivity contribution in [2.75, 3.05) is 13.7 Å². The number of rotatable bonds is 1. The van der Waals surface area contributed by atoms with Crippen LogP contribution in [-0.4, -0.2) is 23.7 Å². The number of hydrogen-bond donors (Lipinski definition) is 1. The maximum absolute atomic E-state index is 10.2. The zero-order chi connectivity index (χ0) is 15.3. The van der Waals surface area contributed by atoms with Crippen molar-refractivity contribution in [3.63, 3.8) is 0 Å². The minimum atomic E-state index is 0.245. The van der Waals surface area contributed by atoms with Crippen LogP contribution in [-0.2, 0) is 12.8 Å². The summed E-state index contributed by atoms with van der Waals surface area (Å²) in [6.07, 6.45) is 2.02. The average molecular weight is 295 g/mol. The Bertz CT molecular complexity index is 725. The molecule has 0 saturated carbocycles. The molecule has 0 amide bonds. The maximum atomic E-state index is 10.2. The van der Waals surface area contributed by atoms with Crippen LogP contribution < -0.4 is 4.74 Å². The molecular formula is C19H21NO2. The molecule has 2 aliphatic heterocycles. The highest BCUT2D eigenvalue weighted by atomic mass is 16.5. The first kappa shape index (κ1) is 13.6. The van der Waals surface area contributed by atoms with E-state index in [1.807, 2.05) is 12.1 Å². The lowest BCUT2D eigenvalue weighted by atomic mass is 9.81. The fraction of sp³-hybridized carbons (Fsp3) is 0.368. The lowest BCUT2D eigenvalue weighted by Crippen LogP contribution is -2.41. The van der Waals surface area contributed by atoms with E-state index in [2.05, 4.69) is 36.1 Å². The highest BCUT2D eigenvalue weighted by Crippen LogP contribution is 2.45. The molecule has 0 fully saturated rings. The van der Waals surface area contributed by atoms with Gasteiger partial charge in [0.2, 0.25) is 0 Å². The van der Waals surface area contributed by atoms with Crippen LogP contribution in [0.1, 0.15) is 41.3 Å². The Morgan fingerprint density at radius 2 is 1.95 bits per heavy atom. The van der Waals surface area contributed by atoms with E-state index in [-0.39, 0.29) is 5.75 Å². The summed E-state index contributed by atoms with van der Waals surface area (Å²) in [5.74, 6) is 0.825. The first-order valence-corrected chi connectivity index (χ1v) is 7.92. The van der Waals surface area contributed by atoms with Crippen molar-refractivity contribution in [2.45, 2.75) is 31.8 Å². The van der Waals surface area contributed by atoms with Gasteiger partial charge in [0.15, 0.2) is 11.5 Å². The molecule has 3 nitrogen and oxygen atoms in total. The van der Waals surface area contributed by atoms with Gasteiger partial charge in [-0.05, 0) is 54.2 Å². The third-order valence-corrected chi connectivity index (χ3v) is 5.26. The van der Waals surface area contributed by atoms with Gasteiger partial charge in [-0.3, -0.25) is 4.90 Å². The summed E-state index contributed by atoms with van der Waals surface area (Å²) in [7, 11) is 1.61. The van der Waals surface area contributed by atoms with E-state index in [0.29, 0.717) is 17.8 Å². The lowest BCUT2D eigenvalue weighted by molar-refractivity contribution is 0.117. The number of aromatic hydroxyl groups is 1. The zero-order valence-electron chi connectivity index (χ0n) is 13.0. The number of ether oxygens (including phenoxy) is 1. The molecule has 0 saturated heterocycles. The molecule has 0 aromatic heterocycles. The minimum Gasteiger partial charge on any atom is -0.504 e. The number of hydrogen-bond acceptors (Lipinski definition) is 3. The molecule has 0 spiro atoms. The summed E-state index contributed by atoms with van der Waals surface area (Å²) >= 11 is 0. The van der Waals surface area contributed by atoms with Crippen LogP contribution in [0.2, 0.25) is 0 Å². The number of benzene rings is 2. The molecule has 2 aliphatic rings. The number of phenols is 1. The minimum absolute atomic E-state index is 0.245. The second kappa shape index (κ2) is 5.03. The van der Waals surface area contributed by atoms with Crippen molar-refractivity contribution in [1.29, 1.82) is 0 Å². The van der Waals surface area contributed by atoms with E-state index >= 15 is 0 Å². The Kier molecular flexibility index (Phi) is 3.12. The molecule has 0 radical (unpaired) electrons. The molecule has 4 rings (SSSR count). The molecule has 2 aromatic rings. The van der Waals surface area contributed by atoms with Crippen LogP contribution in [0.25, 0.3) is 0 Å². The summed E-state index contributed by atoms with van der Waals surface area (Å²) in [5, 5.41) is 10.2. The average Bonchev–Trinajstić information content (AvgIpc) is 2.54. The van der Waals surface area contributed by atoms with Gasteiger partial charge < -0.3 is 9.84 Å². The van der Waals surface area contributed by atoms with Gasteiger partial charge >= 0.3 is 0 Å². The molecule has 114 valence electrons. The Labute approximate surface area is 131 Å².